The van der Waals surface area contributed by atoms with E-state index >= 15 is 0 Å². The number of benzene rings is 1. The van der Waals surface area contributed by atoms with Gasteiger partial charge in [0.2, 0.25) is 5.91 Å². The van der Waals surface area contributed by atoms with Crippen LogP contribution < -0.4 is 10.6 Å². The fourth-order valence-corrected chi connectivity index (χ4v) is 2.88. The molecule has 0 radical (unpaired) electrons. The number of nitrogens with zero attached hydrogens (tertiary/aromatic N) is 1. The van der Waals surface area contributed by atoms with Crippen LogP contribution in [0, 0.1) is 5.92 Å². The van der Waals surface area contributed by atoms with E-state index in [2.05, 4.69) is 28.6 Å². The minimum atomic E-state index is -0.185. The number of hydrogen-bond donors (Lipinski definition) is 2. The van der Waals surface area contributed by atoms with Crippen LogP contribution in [0.25, 0.3) is 10.9 Å². The van der Waals surface area contributed by atoms with E-state index in [0.29, 0.717) is 0 Å². The number of carbonyl (C=O) groups excluding carboxylic acids is 1. The first kappa shape index (κ1) is 13.8. The lowest BCUT2D eigenvalue weighted by molar-refractivity contribution is -0.118. The summed E-state index contributed by atoms with van der Waals surface area (Å²) < 4.78 is 0. The highest BCUT2D eigenvalue weighted by Gasteiger charge is 2.32. The van der Waals surface area contributed by atoms with E-state index in [4.69, 9.17) is 0 Å². The quantitative estimate of drug-likeness (QED) is 0.832. The van der Waals surface area contributed by atoms with Crippen LogP contribution in [-0.4, -0.2) is 23.5 Å². The maximum atomic E-state index is 12.5. The van der Waals surface area contributed by atoms with Gasteiger partial charge in [0.15, 0.2) is 0 Å². The summed E-state index contributed by atoms with van der Waals surface area (Å²) in [6.07, 6.45) is 3.83. The van der Waals surface area contributed by atoms with Crippen LogP contribution >= 0.6 is 0 Å². The van der Waals surface area contributed by atoms with Gasteiger partial charge in [-0.15, -0.1) is 0 Å². The summed E-state index contributed by atoms with van der Waals surface area (Å²) in [7, 11) is 0. The monoisotopic (exact) mass is 281 g/mol. The number of aromatic nitrogens is 1. The number of carbonyl (C=O) groups is 1. The molecule has 0 aliphatic carbocycles. The molecule has 1 fully saturated rings. The molecule has 1 aromatic heterocycles. The Morgan fingerprint density at radius 2 is 2.19 bits per heavy atom. The van der Waals surface area contributed by atoms with Crippen LogP contribution in [0.4, 0.5) is 5.69 Å². The van der Waals surface area contributed by atoms with E-state index in [-0.39, 0.29) is 17.9 Å². The van der Waals surface area contributed by atoms with Crippen LogP contribution in [0.3, 0.4) is 0 Å². The Labute approximate surface area is 124 Å². The van der Waals surface area contributed by atoms with E-state index in [0.717, 1.165) is 23.1 Å². The lowest BCUT2D eigenvalue weighted by Gasteiger charge is -2.16. The van der Waals surface area contributed by atoms with Crippen LogP contribution in [0.15, 0.2) is 48.2 Å². The predicted octanol–water partition coefficient (Wildman–Crippen LogP) is 2.73. The first-order valence-electron chi connectivity index (χ1n) is 7.24. The highest BCUT2D eigenvalue weighted by molar-refractivity contribution is 6.02. The molecule has 0 bridgehead atoms. The zero-order valence-electron chi connectivity index (χ0n) is 12.3. The SMILES string of the molecule is C/C=C1/CNC(C(=O)Nc2cccc3cccnc23)C1C. The summed E-state index contributed by atoms with van der Waals surface area (Å²) in [6.45, 7) is 4.88. The number of anilines is 1. The van der Waals surface area contributed by atoms with Crippen molar-refractivity contribution in [1.82, 2.24) is 10.3 Å². The lowest BCUT2D eigenvalue weighted by atomic mass is 9.97. The van der Waals surface area contributed by atoms with Gasteiger partial charge in [0.25, 0.3) is 0 Å². The first-order valence-corrected chi connectivity index (χ1v) is 7.24. The average molecular weight is 281 g/mol. The Balaban J connectivity index is 1.84. The summed E-state index contributed by atoms with van der Waals surface area (Å²) in [6, 6.07) is 9.52. The summed E-state index contributed by atoms with van der Waals surface area (Å²) in [5.74, 6) is 0.218. The Kier molecular flexibility index (Phi) is 3.71. The minimum Gasteiger partial charge on any atom is -0.323 e. The molecule has 21 heavy (non-hydrogen) atoms. The molecule has 3 rings (SSSR count). The molecule has 0 saturated carbocycles. The van der Waals surface area contributed by atoms with Gasteiger partial charge in [-0.3, -0.25) is 9.78 Å². The molecule has 4 nitrogen and oxygen atoms in total. The predicted molar refractivity (Wildman–Crippen MR) is 85.1 cm³/mol. The van der Waals surface area contributed by atoms with Gasteiger partial charge in [0.1, 0.15) is 0 Å². The summed E-state index contributed by atoms with van der Waals surface area (Å²) in [5, 5.41) is 7.31. The van der Waals surface area contributed by atoms with Crippen molar-refractivity contribution >= 4 is 22.5 Å². The third-order valence-electron chi connectivity index (χ3n) is 4.15. The Morgan fingerprint density at radius 3 is 2.95 bits per heavy atom. The zero-order chi connectivity index (χ0) is 14.8. The molecule has 1 aromatic carbocycles. The fraction of sp³-hybridized carbons (Fsp3) is 0.294. The highest BCUT2D eigenvalue weighted by atomic mass is 16.2. The standard InChI is InChI=1S/C17H19N3O/c1-3-12-10-19-15(11(12)2)17(21)20-14-8-4-6-13-7-5-9-18-16(13)14/h3-9,11,15,19H,10H2,1-2H3,(H,20,21)/b12-3-. The van der Waals surface area contributed by atoms with Gasteiger partial charge in [0.05, 0.1) is 17.2 Å². The van der Waals surface area contributed by atoms with Crippen LogP contribution in [0.2, 0.25) is 0 Å². The number of rotatable bonds is 2. The number of para-hydroxylation sites is 1. The fourth-order valence-electron chi connectivity index (χ4n) is 2.88. The van der Waals surface area contributed by atoms with E-state index < -0.39 is 0 Å². The Hall–Kier alpha value is -2.20. The third-order valence-corrected chi connectivity index (χ3v) is 4.15. The summed E-state index contributed by atoms with van der Waals surface area (Å²) in [4.78, 5) is 16.9. The number of amides is 1. The molecular formula is C17H19N3O. The van der Waals surface area contributed by atoms with E-state index in [1.54, 1.807) is 6.20 Å². The molecule has 2 unspecified atom stereocenters. The van der Waals surface area contributed by atoms with Crippen molar-refractivity contribution in [2.45, 2.75) is 19.9 Å². The van der Waals surface area contributed by atoms with Gasteiger partial charge in [-0.25, -0.2) is 0 Å². The first-order chi connectivity index (χ1) is 10.2. The molecule has 2 aromatic rings. The molecule has 2 N–H and O–H groups in total. The molecule has 108 valence electrons. The number of nitrogens with one attached hydrogen (secondary N) is 2. The van der Waals surface area contributed by atoms with Crippen LogP contribution in [0.5, 0.6) is 0 Å². The van der Waals surface area contributed by atoms with E-state index in [1.165, 1.54) is 5.57 Å². The number of allylic oxidation sites excluding steroid dienone is 1. The van der Waals surface area contributed by atoms with Gasteiger partial charge in [0, 0.05) is 24.0 Å². The molecule has 2 heterocycles. The van der Waals surface area contributed by atoms with Crippen molar-refractivity contribution in [2.24, 2.45) is 5.92 Å². The van der Waals surface area contributed by atoms with Gasteiger partial charge in [-0.05, 0) is 19.1 Å². The summed E-state index contributed by atoms with van der Waals surface area (Å²) >= 11 is 0. The number of hydrogen-bond acceptors (Lipinski definition) is 3. The van der Waals surface area contributed by atoms with Gasteiger partial charge in [-0.1, -0.05) is 36.8 Å². The number of pyridine rings is 1. The van der Waals surface area contributed by atoms with Crippen molar-refractivity contribution in [1.29, 1.82) is 0 Å². The van der Waals surface area contributed by atoms with Gasteiger partial charge >= 0.3 is 0 Å². The van der Waals surface area contributed by atoms with Crippen molar-refractivity contribution < 1.29 is 4.79 Å². The molecule has 1 amide bonds. The van der Waals surface area contributed by atoms with Crippen LogP contribution in [0.1, 0.15) is 13.8 Å². The van der Waals surface area contributed by atoms with E-state index in [1.807, 2.05) is 37.3 Å². The molecule has 1 aliphatic heterocycles. The number of fused-ring (bicyclic) bond motifs is 1. The van der Waals surface area contributed by atoms with Gasteiger partial charge < -0.3 is 10.6 Å². The molecule has 1 saturated heterocycles. The van der Waals surface area contributed by atoms with Crippen molar-refractivity contribution in [3.05, 3.63) is 48.2 Å². The molecule has 0 spiro atoms. The maximum absolute atomic E-state index is 12.5. The Morgan fingerprint density at radius 1 is 1.38 bits per heavy atom. The second kappa shape index (κ2) is 5.66. The topological polar surface area (TPSA) is 54.0 Å². The lowest BCUT2D eigenvalue weighted by Crippen LogP contribution is -2.39. The minimum absolute atomic E-state index is 0.00231. The second-order valence-electron chi connectivity index (χ2n) is 5.38. The Bertz CT molecular complexity index is 703. The summed E-state index contributed by atoms with van der Waals surface area (Å²) in [5.41, 5.74) is 2.87. The van der Waals surface area contributed by atoms with Crippen LogP contribution in [-0.2, 0) is 4.79 Å². The largest absolute Gasteiger partial charge is 0.323 e. The molecular weight excluding hydrogens is 262 g/mol. The second-order valence-corrected chi connectivity index (χ2v) is 5.38. The molecule has 2 atom stereocenters. The maximum Gasteiger partial charge on any atom is 0.242 e. The highest BCUT2D eigenvalue weighted by Crippen LogP contribution is 2.24. The van der Waals surface area contributed by atoms with Crippen molar-refractivity contribution in [3.63, 3.8) is 0 Å². The normalized spacial score (nSPS) is 23.6. The van der Waals surface area contributed by atoms with E-state index in [9.17, 15) is 4.79 Å². The van der Waals surface area contributed by atoms with Crippen molar-refractivity contribution in [2.75, 3.05) is 11.9 Å². The van der Waals surface area contributed by atoms with Gasteiger partial charge in [-0.2, -0.15) is 0 Å². The third kappa shape index (κ3) is 2.54. The zero-order valence-corrected chi connectivity index (χ0v) is 12.3. The smallest absolute Gasteiger partial charge is 0.242 e. The molecule has 4 heteroatoms. The molecule has 1 aliphatic rings. The average Bonchev–Trinajstić information content (AvgIpc) is 2.88. The van der Waals surface area contributed by atoms with Crippen molar-refractivity contribution in [3.8, 4) is 0 Å².